The quantitative estimate of drug-likeness (QED) is 0.610. The minimum atomic E-state index is -0.341. The molecule has 0 saturated carbocycles. The summed E-state index contributed by atoms with van der Waals surface area (Å²) in [6.45, 7) is 5.55. The number of furan rings is 1. The minimum absolute atomic E-state index is 0.0565. The van der Waals surface area contributed by atoms with Gasteiger partial charge in [-0.3, -0.25) is 4.79 Å². The third-order valence-corrected chi connectivity index (χ3v) is 3.20. The molecule has 1 fully saturated rings. The summed E-state index contributed by atoms with van der Waals surface area (Å²) in [4.78, 5) is 10.7. The maximum Gasteiger partial charge on any atom is 0.493 e. The van der Waals surface area contributed by atoms with Crippen molar-refractivity contribution in [2.75, 3.05) is 13.2 Å². The first-order valence-corrected chi connectivity index (χ1v) is 6.29. The van der Waals surface area contributed by atoms with E-state index in [9.17, 15) is 4.79 Å². The Morgan fingerprint density at radius 1 is 1.21 bits per heavy atom. The summed E-state index contributed by atoms with van der Waals surface area (Å²) in [5, 5.41) is 0.886. The average Bonchev–Trinajstić information content (AvgIpc) is 2.80. The van der Waals surface area contributed by atoms with Crippen LogP contribution < -0.4 is 5.46 Å². The first kappa shape index (κ1) is 12.4. The van der Waals surface area contributed by atoms with Crippen LogP contribution in [0.4, 0.5) is 0 Å². The highest BCUT2D eigenvalue weighted by molar-refractivity contribution is 6.61. The van der Waals surface area contributed by atoms with Crippen molar-refractivity contribution in [1.29, 1.82) is 0 Å². The van der Waals surface area contributed by atoms with Gasteiger partial charge in [0.2, 0.25) is 0 Å². The number of benzene rings is 1. The lowest BCUT2D eigenvalue weighted by Crippen LogP contribution is -2.47. The Hall–Kier alpha value is -1.59. The van der Waals surface area contributed by atoms with Gasteiger partial charge in [0.15, 0.2) is 12.0 Å². The standard InChI is InChI=1S/C14H15BO4/c1-14(2)8-17-15(18-9-14)11-3-4-13-10(5-11)6-12(7-16)19-13/h3-7H,8-9H2,1-2H3. The zero-order valence-electron chi connectivity index (χ0n) is 11.0. The summed E-state index contributed by atoms with van der Waals surface area (Å²) < 4.78 is 16.8. The number of hydrogen-bond donors (Lipinski definition) is 0. The Balaban J connectivity index is 1.87. The smallest absolute Gasteiger partial charge is 0.453 e. The third kappa shape index (κ3) is 2.44. The molecule has 0 unspecified atom stereocenters. The normalized spacial score (nSPS) is 18.7. The van der Waals surface area contributed by atoms with Gasteiger partial charge in [0, 0.05) is 24.0 Å². The molecule has 0 bridgehead atoms. The van der Waals surface area contributed by atoms with E-state index >= 15 is 0 Å². The van der Waals surface area contributed by atoms with E-state index in [1.54, 1.807) is 6.07 Å². The lowest BCUT2D eigenvalue weighted by atomic mass is 9.75. The molecule has 98 valence electrons. The number of aldehydes is 1. The first-order chi connectivity index (χ1) is 9.07. The molecule has 3 rings (SSSR count). The number of carbonyl (C=O) groups excluding carboxylic acids is 1. The van der Waals surface area contributed by atoms with Gasteiger partial charge in [0.25, 0.3) is 0 Å². The maximum absolute atomic E-state index is 10.7. The summed E-state index contributed by atoms with van der Waals surface area (Å²) in [7, 11) is -0.341. The fourth-order valence-electron chi connectivity index (χ4n) is 2.17. The highest BCUT2D eigenvalue weighted by atomic mass is 16.6. The van der Waals surface area contributed by atoms with Gasteiger partial charge in [-0.1, -0.05) is 26.0 Å². The average molecular weight is 258 g/mol. The monoisotopic (exact) mass is 258 g/mol. The van der Waals surface area contributed by atoms with Gasteiger partial charge in [0.05, 0.1) is 0 Å². The topological polar surface area (TPSA) is 48.7 Å². The van der Waals surface area contributed by atoms with E-state index in [0.717, 1.165) is 10.8 Å². The summed E-state index contributed by atoms with van der Waals surface area (Å²) >= 11 is 0. The highest BCUT2D eigenvalue weighted by Crippen LogP contribution is 2.22. The molecule has 5 heteroatoms. The first-order valence-electron chi connectivity index (χ1n) is 6.29. The molecule has 1 aromatic heterocycles. The van der Waals surface area contributed by atoms with Crippen molar-refractivity contribution in [2.24, 2.45) is 5.41 Å². The Labute approximate surface area is 111 Å². The van der Waals surface area contributed by atoms with Crippen molar-refractivity contribution in [3.05, 3.63) is 30.0 Å². The summed E-state index contributed by atoms with van der Waals surface area (Å²) in [6.07, 6.45) is 0.704. The van der Waals surface area contributed by atoms with Gasteiger partial charge in [-0.25, -0.2) is 0 Å². The molecule has 1 aliphatic heterocycles. The van der Waals surface area contributed by atoms with Crippen LogP contribution in [0, 0.1) is 5.41 Å². The van der Waals surface area contributed by atoms with Crippen molar-refractivity contribution >= 4 is 29.8 Å². The van der Waals surface area contributed by atoms with Crippen LogP contribution in [0.3, 0.4) is 0 Å². The maximum atomic E-state index is 10.7. The Kier molecular flexibility index (Phi) is 2.95. The van der Waals surface area contributed by atoms with Gasteiger partial charge >= 0.3 is 7.12 Å². The van der Waals surface area contributed by atoms with Gasteiger partial charge < -0.3 is 13.7 Å². The molecule has 0 atom stereocenters. The zero-order valence-corrected chi connectivity index (χ0v) is 11.0. The van der Waals surface area contributed by atoms with Crippen molar-refractivity contribution < 1.29 is 18.5 Å². The minimum Gasteiger partial charge on any atom is -0.453 e. The number of fused-ring (bicyclic) bond motifs is 1. The van der Waals surface area contributed by atoms with Gasteiger partial charge in [-0.15, -0.1) is 0 Å². The molecule has 0 spiro atoms. The van der Waals surface area contributed by atoms with Crippen molar-refractivity contribution in [3.8, 4) is 0 Å². The number of carbonyl (C=O) groups is 1. The Morgan fingerprint density at radius 2 is 1.95 bits per heavy atom. The third-order valence-electron chi connectivity index (χ3n) is 3.20. The van der Waals surface area contributed by atoms with Crippen LogP contribution in [0.5, 0.6) is 0 Å². The fourth-order valence-corrected chi connectivity index (χ4v) is 2.17. The van der Waals surface area contributed by atoms with Gasteiger partial charge in [-0.05, 0) is 17.6 Å². The van der Waals surface area contributed by atoms with Crippen molar-refractivity contribution in [2.45, 2.75) is 13.8 Å². The SMILES string of the molecule is CC1(C)COB(c2ccc3oc(C=O)cc3c2)OC1. The summed E-state index contributed by atoms with van der Waals surface area (Å²) in [5.41, 5.74) is 1.70. The van der Waals surface area contributed by atoms with E-state index in [-0.39, 0.29) is 12.5 Å². The second-order valence-electron chi connectivity index (χ2n) is 5.68. The van der Waals surface area contributed by atoms with Crippen LogP contribution in [-0.4, -0.2) is 26.6 Å². The van der Waals surface area contributed by atoms with Crippen LogP contribution in [0.2, 0.25) is 0 Å². The summed E-state index contributed by atoms with van der Waals surface area (Å²) in [6, 6.07) is 7.40. The van der Waals surface area contributed by atoms with Crippen molar-refractivity contribution in [1.82, 2.24) is 0 Å². The molecular formula is C14H15BO4. The molecule has 1 aliphatic rings. The molecule has 1 aromatic carbocycles. The number of hydrogen-bond acceptors (Lipinski definition) is 4. The fraction of sp³-hybridized carbons (Fsp3) is 0.357. The molecule has 0 amide bonds. The second kappa shape index (κ2) is 4.51. The van der Waals surface area contributed by atoms with Crippen LogP contribution in [0.1, 0.15) is 24.4 Å². The zero-order chi connectivity index (χ0) is 13.5. The molecule has 0 radical (unpaired) electrons. The molecule has 1 saturated heterocycles. The van der Waals surface area contributed by atoms with Gasteiger partial charge in [-0.2, -0.15) is 0 Å². The predicted octanol–water partition coefficient (Wildman–Crippen LogP) is 2.01. The molecule has 19 heavy (non-hydrogen) atoms. The molecule has 4 nitrogen and oxygen atoms in total. The lowest BCUT2D eigenvalue weighted by molar-refractivity contribution is 0.0343. The van der Waals surface area contributed by atoms with Crippen LogP contribution in [0.15, 0.2) is 28.7 Å². The van der Waals surface area contributed by atoms with Crippen molar-refractivity contribution in [3.63, 3.8) is 0 Å². The molecule has 2 aromatic rings. The van der Waals surface area contributed by atoms with E-state index in [0.29, 0.717) is 30.8 Å². The van der Waals surface area contributed by atoms with E-state index < -0.39 is 0 Å². The van der Waals surface area contributed by atoms with E-state index in [2.05, 4.69) is 13.8 Å². The Bertz CT molecular complexity index is 607. The molecule has 0 aliphatic carbocycles. The van der Waals surface area contributed by atoms with E-state index in [1.807, 2.05) is 18.2 Å². The molecule has 2 heterocycles. The lowest BCUT2D eigenvalue weighted by Gasteiger charge is -2.33. The second-order valence-corrected chi connectivity index (χ2v) is 5.68. The predicted molar refractivity (Wildman–Crippen MR) is 72.7 cm³/mol. The van der Waals surface area contributed by atoms with Crippen LogP contribution in [0.25, 0.3) is 11.0 Å². The number of rotatable bonds is 2. The Morgan fingerprint density at radius 3 is 2.63 bits per heavy atom. The highest BCUT2D eigenvalue weighted by Gasteiger charge is 2.33. The molecule has 0 N–H and O–H groups in total. The largest absolute Gasteiger partial charge is 0.493 e. The molecular weight excluding hydrogens is 243 g/mol. The van der Waals surface area contributed by atoms with E-state index in [4.69, 9.17) is 13.7 Å². The van der Waals surface area contributed by atoms with Crippen LogP contribution in [-0.2, 0) is 9.31 Å². The van der Waals surface area contributed by atoms with Crippen LogP contribution >= 0.6 is 0 Å². The summed E-state index contributed by atoms with van der Waals surface area (Å²) in [5.74, 6) is 0.332. The van der Waals surface area contributed by atoms with Gasteiger partial charge in [0.1, 0.15) is 5.58 Å². The van der Waals surface area contributed by atoms with E-state index in [1.165, 1.54) is 0 Å².